The van der Waals surface area contributed by atoms with E-state index < -0.39 is 17.5 Å². The molecule has 1 aromatic rings. The zero-order valence-electron chi connectivity index (χ0n) is 7.85. The average Bonchev–Trinajstić information content (AvgIpc) is 2.46. The quantitative estimate of drug-likeness (QED) is 0.540. The van der Waals surface area contributed by atoms with E-state index in [-0.39, 0.29) is 5.76 Å². The number of nitrogens with zero attached hydrogens (tertiary/aromatic N) is 1. The topological polar surface area (TPSA) is 76.5 Å². The molecule has 5 nitrogen and oxygen atoms in total. The molecule has 0 saturated carbocycles. The summed E-state index contributed by atoms with van der Waals surface area (Å²) >= 11 is 0. The van der Waals surface area contributed by atoms with E-state index in [4.69, 9.17) is 0 Å². The van der Waals surface area contributed by atoms with Crippen molar-refractivity contribution < 1.29 is 19.4 Å². The van der Waals surface area contributed by atoms with Crippen LogP contribution in [0.25, 0.3) is 5.76 Å². The molecule has 76 valence electrons. The predicted molar refractivity (Wildman–Crippen MR) is 49.6 cm³/mol. The van der Waals surface area contributed by atoms with Crippen LogP contribution in [-0.4, -0.2) is 21.8 Å². The summed E-state index contributed by atoms with van der Waals surface area (Å²) in [5.74, 6) is -2.82. The number of cyclic esters (lactones) is 1. The molecule has 0 radical (unpaired) electrons. The highest BCUT2D eigenvalue weighted by Gasteiger charge is 2.34. The van der Waals surface area contributed by atoms with Crippen LogP contribution in [-0.2, 0) is 14.3 Å². The first-order valence-corrected chi connectivity index (χ1v) is 4.22. The number of aryl methyl sites for hydroxylation is 1. The second-order valence-corrected chi connectivity index (χ2v) is 3.08. The number of aliphatic hydroxyl groups is 1. The van der Waals surface area contributed by atoms with Gasteiger partial charge in [0.25, 0.3) is 0 Å². The lowest BCUT2D eigenvalue weighted by Gasteiger charge is -2.01. The first-order chi connectivity index (χ1) is 7.09. The van der Waals surface area contributed by atoms with Gasteiger partial charge in [-0.2, -0.15) is 0 Å². The Morgan fingerprint density at radius 3 is 2.67 bits per heavy atom. The molecule has 0 aliphatic carbocycles. The Bertz CT molecular complexity index is 490. The van der Waals surface area contributed by atoms with Gasteiger partial charge in [0.15, 0.2) is 5.76 Å². The van der Waals surface area contributed by atoms with Gasteiger partial charge < -0.3 is 9.84 Å². The van der Waals surface area contributed by atoms with E-state index >= 15 is 0 Å². The molecule has 1 aromatic heterocycles. The standard InChI is InChI=1S/C10H7NO4/c1-5-4-6(2-3-11-5)9-7(12)8(13)10(14)15-9/h2-4,12H,1H3. The zero-order valence-corrected chi connectivity index (χ0v) is 7.85. The summed E-state index contributed by atoms with van der Waals surface area (Å²) in [6.07, 6.45) is 1.50. The van der Waals surface area contributed by atoms with Gasteiger partial charge in [-0.3, -0.25) is 9.78 Å². The molecule has 0 saturated heterocycles. The molecule has 2 heterocycles. The molecule has 15 heavy (non-hydrogen) atoms. The van der Waals surface area contributed by atoms with Crippen molar-refractivity contribution in [2.24, 2.45) is 0 Å². The molecule has 0 atom stereocenters. The van der Waals surface area contributed by atoms with Crippen molar-refractivity contribution in [3.05, 3.63) is 35.3 Å². The smallest absolute Gasteiger partial charge is 0.388 e. The van der Waals surface area contributed by atoms with Crippen LogP contribution in [0.4, 0.5) is 0 Å². The lowest BCUT2D eigenvalue weighted by atomic mass is 10.2. The van der Waals surface area contributed by atoms with Crippen molar-refractivity contribution in [1.29, 1.82) is 0 Å². The summed E-state index contributed by atoms with van der Waals surface area (Å²) in [6.45, 7) is 1.75. The number of esters is 1. The Morgan fingerprint density at radius 2 is 2.13 bits per heavy atom. The Kier molecular flexibility index (Phi) is 2.00. The van der Waals surface area contributed by atoms with E-state index in [1.807, 2.05) is 0 Å². The predicted octanol–water partition coefficient (Wildman–Crippen LogP) is 0.743. The molecule has 0 spiro atoms. The first-order valence-electron chi connectivity index (χ1n) is 4.22. The molecule has 0 amide bonds. The van der Waals surface area contributed by atoms with Crippen molar-refractivity contribution in [2.75, 3.05) is 0 Å². The van der Waals surface area contributed by atoms with Crippen molar-refractivity contribution >= 4 is 17.5 Å². The summed E-state index contributed by atoms with van der Waals surface area (Å²) in [5.41, 5.74) is 1.15. The van der Waals surface area contributed by atoms with Gasteiger partial charge in [-0.05, 0) is 19.1 Å². The highest BCUT2D eigenvalue weighted by Crippen LogP contribution is 2.25. The number of Topliss-reactive ketones (excluding diaryl/α,β-unsaturated/α-hetero) is 1. The maximum Gasteiger partial charge on any atom is 0.388 e. The van der Waals surface area contributed by atoms with Crippen LogP contribution >= 0.6 is 0 Å². The third-order valence-corrected chi connectivity index (χ3v) is 1.97. The van der Waals surface area contributed by atoms with E-state index in [2.05, 4.69) is 9.72 Å². The number of carbonyl (C=O) groups excluding carboxylic acids is 2. The zero-order chi connectivity index (χ0) is 11.0. The van der Waals surface area contributed by atoms with Crippen LogP contribution in [0.2, 0.25) is 0 Å². The SMILES string of the molecule is Cc1cc(C2=C(O)C(=O)C(=O)O2)ccn1. The van der Waals surface area contributed by atoms with Crippen LogP contribution in [0.1, 0.15) is 11.3 Å². The maximum atomic E-state index is 11.0. The van der Waals surface area contributed by atoms with E-state index in [9.17, 15) is 14.7 Å². The molecule has 0 unspecified atom stereocenters. The molecule has 2 rings (SSSR count). The normalized spacial score (nSPS) is 15.8. The average molecular weight is 205 g/mol. The lowest BCUT2D eigenvalue weighted by molar-refractivity contribution is -0.145. The number of aromatic nitrogens is 1. The fourth-order valence-corrected chi connectivity index (χ4v) is 1.27. The number of carbonyl (C=O) groups is 2. The summed E-state index contributed by atoms with van der Waals surface area (Å²) in [7, 11) is 0. The lowest BCUT2D eigenvalue weighted by Crippen LogP contribution is -2.08. The minimum atomic E-state index is -1.06. The van der Waals surface area contributed by atoms with Gasteiger partial charge in [-0.25, -0.2) is 4.79 Å². The van der Waals surface area contributed by atoms with Crippen LogP contribution in [0.15, 0.2) is 24.1 Å². The highest BCUT2D eigenvalue weighted by molar-refractivity contribution is 6.44. The van der Waals surface area contributed by atoms with Crippen molar-refractivity contribution in [3.63, 3.8) is 0 Å². The number of hydrogen-bond acceptors (Lipinski definition) is 5. The maximum absolute atomic E-state index is 11.0. The van der Waals surface area contributed by atoms with Crippen LogP contribution in [0.3, 0.4) is 0 Å². The third-order valence-electron chi connectivity index (χ3n) is 1.97. The number of rotatable bonds is 1. The number of aliphatic hydroxyl groups excluding tert-OH is 1. The fourth-order valence-electron chi connectivity index (χ4n) is 1.27. The Hall–Kier alpha value is -2.17. The molecule has 0 fully saturated rings. The van der Waals surface area contributed by atoms with Crippen LogP contribution < -0.4 is 0 Å². The monoisotopic (exact) mass is 205 g/mol. The molecule has 1 aliphatic rings. The molecule has 1 aliphatic heterocycles. The van der Waals surface area contributed by atoms with E-state index in [1.54, 1.807) is 19.1 Å². The number of hydrogen-bond donors (Lipinski definition) is 1. The highest BCUT2D eigenvalue weighted by atomic mass is 16.6. The van der Waals surface area contributed by atoms with Crippen molar-refractivity contribution in [3.8, 4) is 0 Å². The van der Waals surface area contributed by atoms with Gasteiger partial charge in [-0.15, -0.1) is 0 Å². The number of pyridine rings is 1. The molecule has 0 aromatic carbocycles. The third kappa shape index (κ3) is 1.48. The van der Waals surface area contributed by atoms with E-state index in [1.165, 1.54) is 6.20 Å². The van der Waals surface area contributed by atoms with E-state index in [0.29, 0.717) is 11.3 Å². The van der Waals surface area contributed by atoms with Gasteiger partial charge in [0.2, 0.25) is 5.76 Å². The fraction of sp³-hybridized carbons (Fsp3) is 0.100. The van der Waals surface area contributed by atoms with Gasteiger partial charge in [0, 0.05) is 17.5 Å². The number of ether oxygens (including phenoxy) is 1. The largest absolute Gasteiger partial charge is 0.501 e. The molecular formula is C10H7NO4. The Balaban J connectivity index is 2.49. The molecule has 5 heteroatoms. The Labute approximate surface area is 85.0 Å². The minimum absolute atomic E-state index is 0.101. The van der Waals surface area contributed by atoms with Crippen molar-refractivity contribution in [2.45, 2.75) is 6.92 Å². The minimum Gasteiger partial charge on any atom is -0.501 e. The molecule has 1 N–H and O–H groups in total. The molecule has 0 bridgehead atoms. The van der Waals surface area contributed by atoms with Gasteiger partial charge in [-0.1, -0.05) is 0 Å². The Morgan fingerprint density at radius 1 is 1.40 bits per heavy atom. The van der Waals surface area contributed by atoms with Crippen LogP contribution in [0.5, 0.6) is 0 Å². The van der Waals surface area contributed by atoms with E-state index in [0.717, 1.165) is 0 Å². The molecular weight excluding hydrogens is 198 g/mol. The van der Waals surface area contributed by atoms with Gasteiger partial charge >= 0.3 is 11.8 Å². The summed E-state index contributed by atoms with van der Waals surface area (Å²) < 4.78 is 4.64. The summed E-state index contributed by atoms with van der Waals surface area (Å²) in [4.78, 5) is 25.8. The second kappa shape index (κ2) is 3.20. The summed E-state index contributed by atoms with van der Waals surface area (Å²) in [6, 6.07) is 3.15. The van der Waals surface area contributed by atoms with Crippen LogP contribution in [0, 0.1) is 6.92 Å². The first kappa shape index (κ1) is 9.39. The second-order valence-electron chi connectivity index (χ2n) is 3.08. The summed E-state index contributed by atoms with van der Waals surface area (Å²) in [5, 5.41) is 9.34. The van der Waals surface area contributed by atoms with Crippen molar-refractivity contribution in [1.82, 2.24) is 4.98 Å². The number of ketones is 1. The van der Waals surface area contributed by atoms with Gasteiger partial charge in [0.05, 0.1) is 0 Å². The van der Waals surface area contributed by atoms with Gasteiger partial charge in [0.1, 0.15) is 0 Å².